The van der Waals surface area contributed by atoms with E-state index in [1.165, 1.54) is 82.6 Å². The van der Waals surface area contributed by atoms with E-state index in [9.17, 15) is 4.79 Å². The van der Waals surface area contributed by atoms with Crippen molar-refractivity contribution in [3.63, 3.8) is 0 Å². The van der Waals surface area contributed by atoms with E-state index in [1.54, 1.807) is 0 Å². The number of carbonyl (C=O) groups is 1. The number of aromatic nitrogens is 1. The third kappa shape index (κ3) is 8.89. The van der Waals surface area contributed by atoms with Gasteiger partial charge in [0.25, 0.3) is 0 Å². The number of hydrogen-bond acceptors (Lipinski definition) is 3. The Bertz CT molecular complexity index is 820. The molecular weight excluding hydrogens is 418 g/mol. The topological polar surface area (TPSA) is 39.2 Å². The molecule has 0 saturated heterocycles. The number of esters is 1. The first-order chi connectivity index (χ1) is 16.7. The van der Waals surface area contributed by atoms with Gasteiger partial charge >= 0.3 is 5.97 Å². The molecule has 1 saturated carbocycles. The van der Waals surface area contributed by atoms with E-state index >= 15 is 0 Å². The van der Waals surface area contributed by atoms with Crippen LogP contribution < -0.4 is 4.74 Å². The predicted molar refractivity (Wildman–Crippen MR) is 142 cm³/mol. The van der Waals surface area contributed by atoms with Crippen molar-refractivity contribution in [3.8, 4) is 17.0 Å². The Morgan fingerprint density at radius 2 is 1.50 bits per heavy atom. The maximum Gasteiger partial charge on any atom is 0.314 e. The standard InChI is InChI=1S/C31H45NO2/c1-3-5-7-9-11-13-26-16-23-30(32-24-26)27-19-21-29(22-20-27)34-31(33)28-17-14-25(15-18-28)12-10-8-6-4-2/h16,19-25,28H,3-15,17-18H2,1-2H3. The number of ether oxygens (including phenoxy) is 1. The van der Waals surface area contributed by atoms with Crippen LogP contribution in [0.4, 0.5) is 0 Å². The highest BCUT2D eigenvalue weighted by molar-refractivity contribution is 5.75. The van der Waals surface area contributed by atoms with Gasteiger partial charge in [-0.15, -0.1) is 0 Å². The highest BCUT2D eigenvalue weighted by Crippen LogP contribution is 2.33. The van der Waals surface area contributed by atoms with Crippen LogP contribution >= 0.6 is 0 Å². The lowest BCUT2D eigenvalue weighted by Gasteiger charge is -2.27. The van der Waals surface area contributed by atoms with E-state index in [4.69, 9.17) is 4.74 Å². The van der Waals surface area contributed by atoms with Gasteiger partial charge in [-0.05, 0) is 80.3 Å². The summed E-state index contributed by atoms with van der Waals surface area (Å²) in [5, 5.41) is 0. The Kier molecular flexibility index (Phi) is 11.6. The van der Waals surface area contributed by atoms with E-state index < -0.39 is 0 Å². The number of hydrogen-bond donors (Lipinski definition) is 0. The number of benzene rings is 1. The minimum atomic E-state index is -0.0569. The van der Waals surface area contributed by atoms with Crippen molar-refractivity contribution in [2.24, 2.45) is 11.8 Å². The predicted octanol–water partition coefficient (Wildman–Crippen LogP) is 8.94. The third-order valence-corrected chi connectivity index (χ3v) is 7.41. The van der Waals surface area contributed by atoms with Gasteiger partial charge in [0, 0.05) is 11.8 Å². The lowest BCUT2D eigenvalue weighted by atomic mass is 9.80. The largest absolute Gasteiger partial charge is 0.426 e. The second-order valence-corrected chi connectivity index (χ2v) is 10.2. The molecule has 0 atom stereocenters. The van der Waals surface area contributed by atoms with E-state index in [0.29, 0.717) is 5.75 Å². The van der Waals surface area contributed by atoms with E-state index in [2.05, 4.69) is 31.0 Å². The van der Waals surface area contributed by atoms with Gasteiger partial charge in [-0.2, -0.15) is 0 Å². The lowest BCUT2D eigenvalue weighted by Crippen LogP contribution is -2.25. The molecule has 0 N–H and O–H groups in total. The van der Waals surface area contributed by atoms with Crippen LogP contribution in [0.25, 0.3) is 11.3 Å². The molecule has 1 heterocycles. The summed E-state index contributed by atoms with van der Waals surface area (Å²) in [7, 11) is 0. The smallest absolute Gasteiger partial charge is 0.314 e. The molecule has 1 aliphatic carbocycles. The highest BCUT2D eigenvalue weighted by atomic mass is 16.5. The van der Waals surface area contributed by atoms with Crippen molar-refractivity contribution >= 4 is 5.97 Å². The second kappa shape index (κ2) is 15.0. The van der Waals surface area contributed by atoms with Crippen LogP contribution in [-0.4, -0.2) is 11.0 Å². The molecule has 3 nitrogen and oxygen atoms in total. The molecule has 1 fully saturated rings. The van der Waals surface area contributed by atoms with Crippen molar-refractivity contribution in [1.29, 1.82) is 0 Å². The first-order valence-corrected chi connectivity index (χ1v) is 14.0. The quantitative estimate of drug-likeness (QED) is 0.159. The zero-order valence-corrected chi connectivity index (χ0v) is 21.6. The maximum absolute atomic E-state index is 12.7. The van der Waals surface area contributed by atoms with Gasteiger partial charge in [-0.25, -0.2) is 0 Å². The molecule has 3 heteroatoms. The first-order valence-electron chi connectivity index (χ1n) is 14.0. The molecular formula is C31H45NO2. The summed E-state index contributed by atoms with van der Waals surface area (Å²) in [4.78, 5) is 17.3. The molecule has 2 aromatic rings. The molecule has 0 unspecified atom stereocenters. The molecule has 0 amide bonds. The normalized spacial score (nSPS) is 18.1. The second-order valence-electron chi connectivity index (χ2n) is 10.2. The summed E-state index contributed by atoms with van der Waals surface area (Å²) in [6.07, 6.45) is 20.6. The van der Waals surface area contributed by atoms with Crippen LogP contribution in [0.15, 0.2) is 42.6 Å². The summed E-state index contributed by atoms with van der Waals surface area (Å²) in [6, 6.07) is 12.1. The average Bonchev–Trinajstić information content (AvgIpc) is 2.88. The number of unbranched alkanes of at least 4 members (excludes halogenated alkanes) is 7. The van der Waals surface area contributed by atoms with Crippen molar-refractivity contribution in [2.45, 2.75) is 110 Å². The fourth-order valence-corrected chi connectivity index (χ4v) is 5.12. The van der Waals surface area contributed by atoms with Crippen LogP contribution in [0.3, 0.4) is 0 Å². The Labute approximate surface area is 207 Å². The Morgan fingerprint density at radius 3 is 2.15 bits per heavy atom. The van der Waals surface area contributed by atoms with Crippen molar-refractivity contribution < 1.29 is 9.53 Å². The minimum absolute atomic E-state index is 0.0569. The molecule has 0 bridgehead atoms. The van der Waals surface area contributed by atoms with Gasteiger partial charge in [0.1, 0.15) is 5.75 Å². The first kappa shape index (κ1) is 26.4. The zero-order valence-electron chi connectivity index (χ0n) is 21.6. The van der Waals surface area contributed by atoms with E-state index in [1.807, 2.05) is 30.5 Å². The van der Waals surface area contributed by atoms with Crippen LogP contribution in [0.1, 0.15) is 109 Å². The molecule has 1 aromatic heterocycles. The molecule has 1 aromatic carbocycles. The molecule has 186 valence electrons. The number of carbonyl (C=O) groups excluding carboxylic acids is 1. The number of pyridine rings is 1. The van der Waals surface area contributed by atoms with Crippen LogP contribution in [-0.2, 0) is 11.2 Å². The fourth-order valence-electron chi connectivity index (χ4n) is 5.12. The molecule has 0 radical (unpaired) electrons. The van der Waals surface area contributed by atoms with Crippen LogP contribution in [0.2, 0.25) is 0 Å². The van der Waals surface area contributed by atoms with Gasteiger partial charge in [-0.1, -0.05) is 77.7 Å². The van der Waals surface area contributed by atoms with Crippen molar-refractivity contribution in [1.82, 2.24) is 4.98 Å². The SMILES string of the molecule is CCCCCCCc1ccc(-c2ccc(OC(=O)C3CCC(CCCCCC)CC3)cc2)nc1. The summed E-state index contributed by atoms with van der Waals surface area (Å²) < 4.78 is 5.73. The van der Waals surface area contributed by atoms with E-state index in [-0.39, 0.29) is 11.9 Å². The van der Waals surface area contributed by atoms with Crippen LogP contribution in [0, 0.1) is 11.8 Å². The average molecular weight is 464 g/mol. The minimum Gasteiger partial charge on any atom is -0.426 e. The van der Waals surface area contributed by atoms with Gasteiger partial charge < -0.3 is 4.74 Å². The summed E-state index contributed by atoms with van der Waals surface area (Å²) in [5.74, 6) is 1.45. The Balaban J connectivity index is 1.41. The summed E-state index contributed by atoms with van der Waals surface area (Å²) >= 11 is 0. The molecule has 34 heavy (non-hydrogen) atoms. The highest BCUT2D eigenvalue weighted by Gasteiger charge is 2.27. The van der Waals surface area contributed by atoms with Crippen LogP contribution in [0.5, 0.6) is 5.75 Å². The van der Waals surface area contributed by atoms with Crippen molar-refractivity contribution in [2.75, 3.05) is 0 Å². The summed E-state index contributed by atoms with van der Waals surface area (Å²) in [5.41, 5.74) is 3.32. The number of aryl methyl sites for hydroxylation is 1. The molecule has 0 aliphatic heterocycles. The Morgan fingerprint density at radius 1 is 0.824 bits per heavy atom. The number of rotatable bonds is 14. The molecule has 0 spiro atoms. The Hall–Kier alpha value is -2.16. The number of nitrogens with zero attached hydrogens (tertiary/aromatic N) is 1. The summed E-state index contributed by atoms with van der Waals surface area (Å²) in [6.45, 7) is 4.51. The monoisotopic (exact) mass is 463 g/mol. The van der Waals surface area contributed by atoms with Gasteiger partial charge in [-0.3, -0.25) is 9.78 Å². The third-order valence-electron chi connectivity index (χ3n) is 7.41. The molecule has 1 aliphatic rings. The lowest BCUT2D eigenvalue weighted by molar-refractivity contribution is -0.140. The zero-order chi connectivity index (χ0) is 24.0. The fraction of sp³-hybridized carbons (Fsp3) is 0.613. The molecule has 3 rings (SSSR count). The maximum atomic E-state index is 12.7. The van der Waals surface area contributed by atoms with Gasteiger partial charge in [0.15, 0.2) is 0 Å². The van der Waals surface area contributed by atoms with E-state index in [0.717, 1.165) is 36.4 Å². The van der Waals surface area contributed by atoms with Crippen molar-refractivity contribution in [3.05, 3.63) is 48.2 Å². The van der Waals surface area contributed by atoms with Gasteiger partial charge in [0.05, 0.1) is 11.6 Å². The van der Waals surface area contributed by atoms with Gasteiger partial charge in [0.2, 0.25) is 0 Å².